The monoisotopic (exact) mass is 469 g/mol. The number of fused-ring (bicyclic) bond motifs is 3. The zero-order valence-corrected chi connectivity index (χ0v) is 19.8. The van der Waals surface area contributed by atoms with Gasteiger partial charge in [0.15, 0.2) is 0 Å². The number of aryl methyl sites for hydroxylation is 1. The number of carbonyl (C=O) groups is 1. The van der Waals surface area contributed by atoms with Crippen molar-refractivity contribution in [3.8, 4) is 11.4 Å². The molecule has 0 radical (unpaired) electrons. The SMILES string of the molecule is COc1ccc2ncc(N3CC4CC(CN(C(=O)c5cc(C)ccc5-n5nccn5)C4)C3)nc2c1. The number of piperidine rings is 2. The lowest BCUT2D eigenvalue weighted by molar-refractivity contribution is 0.0564. The number of carbonyl (C=O) groups excluding carboxylic acids is 1. The summed E-state index contributed by atoms with van der Waals surface area (Å²) in [5, 5.41) is 8.49. The Morgan fingerprint density at radius 3 is 2.49 bits per heavy atom. The maximum Gasteiger partial charge on any atom is 0.256 e. The fourth-order valence-electron chi connectivity index (χ4n) is 5.40. The molecule has 35 heavy (non-hydrogen) atoms. The molecule has 2 atom stereocenters. The van der Waals surface area contributed by atoms with E-state index in [9.17, 15) is 4.79 Å². The van der Waals surface area contributed by atoms with E-state index >= 15 is 0 Å². The van der Waals surface area contributed by atoms with Crippen molar-refractivity contribution in [1.29, 1.82) is 0 Å². The summed E-state index contributed by atoms with van der Waals surface area (Å²) < 4.78 is 5.35. The van der Waals surface area contributed by atoms with Crippen LogP contribution in [0.3, 0.4) is 0 Å². The molecule has 6 rings (SSSR count). The first-order chi connectivity index (χ1) is 17.1. The van der Waals surface area contributed by atoms with Crippen molar-refractivity contribution in [2.45, 2.75) is 13.3 Å². The van der Waals surface area contributed by atoms with Crippen LogP contribution in [0.2, 0.25) is 0 Å². The average molecular weight is 470 g/mol. The van der Waals surface area contributed by atoms with Crippen molar-refractivity contribution in [1.82, 2.24) is 29.9 Å². The second kappa shape index (κ2) is 8.65. The van der Waals surface area contributed by atoms with E-state index in [0.717, 1.165) is 60.8 Å². The fourth-order valence-corrected chi connectivity index (χ4v) is 5.40. The number of rotatable bonds is 4. The molecule has 4 aromatic rings. The number of nitrogens with zero attached hydrogens (tertiary/aromatic N) is 7. The molecule has 0 spiro atoms. The summed E-state index contributed by atoms with van der Waals surface area (Å²) in [5.41, 5.74) is 4.08. The molecule has 2 aliphatic rings. The third kappa shape index (κ3) is 4.07. The Morgan fingerprint density at radius 1 is 0.971 bits per heavy atom. The van der Waals surface area contributed by atoms with Gasteiger partial charge in [0.1, 0.15) is 11.6 Å². The second-order valence-corrected chi connectivity index (χ2v) is 9.50. The highest BCUT2D eigenvalue weighted by Crippen LogP contribution is 2.32. The van der Waals surface area contributed by atoms with Gasteiger partial charge in [-0.2, -0.15) is 15.0 Å². The number of anilines is 1. The van der Waals surface area contributed by atoms with E-state index in [2.05, 4.69) is 20.1 Å². The van der Waals surface area contributed by atoms with Crippen molar-refractivity contribution >= 4 is 22.8 Å². The molecule has 2 aliphatic heterocycles. The molecule has 2 aromatic heterocycles. The van der Waals surface area contributed by atoms with Gasteiger partial charge in [-0.05, 0) is 49.4 Å². The molecule has 2 aromatic carbocycles. The predicted octanol–water partition coefficient (Wildman–Crippen LogP) is 3.13. The molecule has 2 bridgehead atoms. The van der Waals surface area contributed by atoms with Gasteiger partial charge in [-0.25, -0.2) is 4.98 Å². The molecule has 178 valence electrons. The standard InChI is InChI=1S/C26H27N7O2/c1-17-3-6-24(33-28-7-8-29-33)21(9-17)26(34)32-15-18-10-19(16-32)14-31(13-18)25-12-27-22-5-4-20(35-2)11-23(22)30-25/h3-9,11-12,18-19H,10,13-16H2,1-2H3. The molecule has 0 aliphatic carbocycles. The number of methoxy groups -OCH3 is 1. The number of likely N-dealkylation sites (tertiary alicyclic amines) is 1. The number of ether oxygens (including phenoxy) is 1. The van der Waals surface area contributed by atoms with Crippen molar-refractivity contribution in [2.24, 2.45) is 11.8 Å². The molecule has 0 saturated carbocycles. The highest BCUT2D eigenvalue weighted by Gasteiger charge is 2.37. The van der Waals surface area contributed by atoms with Gasteiger partial charge < -0.3 is 14.5 Å². The first-order valence-corrected chi connectivity index (χ1v) is 11.9. The van der Waals surface area contributed by atoms with Gasteiger partial charge in [0.25, 0.3) is 5.91 Å². The van der Waals surface area contributed by atoms with E-state index in [0.29, 0.717) is 23.1 Å². The first-order valence-electron chi connectivity index (χ1n) is 11.9. The van der Waals surface area contributed by atoms with Crippen LogP contribution in [0.15, 0.2) is 55.0 Å². The molecule has 9 heteroatoms. The highest BCUT2D eigenvalue weighted by molar-refractivity contribution is 5.98. The van der Waals surface area contributed by atoms with E-state index in [1.165, 1.54) is 4.80 Å². The van der Waals surface area contributed by atoms with Crippen LogP contribution in [-0.2, 0) is 0 Å². The van der Waals surface area contributed by atoms with Crippen molar-refractivity contribution in [2.75, 3.05) is 38.2 Å². The van der Waals surface area contributed by atoms with Gasteiger partial charge in [0.05, 0.1) is 48.0 Å². The van der Waals surface area contributed by atoms with Gasteiger partial charge in [0.2, 0.25) is 0 Å². The zero-order valence-electron chi connectivity index (χ0n) is 19.8. The summed E-state index contributed by atoms with van der Waals surface area (Å²) in [4.78, 5) is 29.0. The van der Waals surface area contributed by atoms with Gasteiger partial charge >= 0.3 is 0 Å². The van der Waals surface area contributed by atoms with E-state index in [4.69, 9.17) is 9.72 Å². The lowest BCUT2D eigenvalue weighted by atomic mass is 9.84. The minimum absolute atomic E-state index is 0.0433. The number of aromatic nitrogens is 5. The third-order valence-electron chi connectivity index (χ3n) is 6.95. The molecule has 0 N–H and O–H groups in total. The lowest BCUT2D eigenvalue weighted by Gasteiger charge is -2.46. The summed E-state index contributed by atoms with van der Waals surface area (Å²) in [5.74, 6) is 2.46. The Kier molecular flexibility index (Phi) is 5.32. The van der Waals surface area contributed by atoms with Crippen LogP contribution in [0.4, 0.5) is 5.82 Å². The molecular formula is C26H27N7O2. The van der Waals surface area contributed by atoms with Crippen molar-refractivity contribution in [3.63, 3.8) is 0 Å². The normalized spacial score (nSPS) is 19.7. The Balaban J connectivity index is 1.22. The fraction of sp³-hybridized carbons (Fsp3) is 0.346. The highest BCUT2D eigenvalue weighted by atomic mass is 16.5. The van der Waals surface area contributed by atoms with Crippen LogP contribution in [0.1, 0.15) is 22.3 Å². The van der Waals surface area contributed by atoms with Gasteiger partial charge in [0, 0.05) is 32.2 Å². The van der Waals surface area contributed by atoms with Crippen LogP contribution in [-0.4, -0.2) is 69.1 Å². The number of hydrogen-bond acceptors (Lipinski definition) is 7. The van der Waals surface area contributed by atoms with E-state index in [-0.39, 0.29) is 5.91 Å². The van der Waals surface area contributed by atoms with Crippen LogP contribution in [0.5, 0.6) is 5.75 Å². The van der Waals surface area contributed by atoms with E-state index in [1.807, 2.05) is 54.4 Å². The van der Waals surface area contributed by atoms with E-state index < -0.39 is 0 Å². The van der Waals surface area contributed by atoms with Gasteiger partial charge in [-0.3, -0.25) is 9.78 Å². The third-order valence-corrected chi connectivity index (χ3v) is 6.95. The topological polar surface area (TPSA) is 89.3 Å². The molecular weight excluding hydrogens is 442 g/mol. The molecule has 2 saturated heterocycles. The van der Waals surface area contributed by atoms with Crippen LogP contribution in [0.25, 0.3) is 16.7 Å². The minimum atomic E-state index is 0.0433. The summed E-state index contributed by atoms with van der Waals surface area (Å²) in [7, 11) is 1.66. The predicted molar refractivity (Wildman–Crippen MR) is 132 cm³/mol. The lowest BCUT2D eigenvalue weighted by Crippen LogP contribution is -2.54. The summed E-state index contributed by atoms with van der Waals surface area (Å²) >= 11 is 0. The Labute approximate surface area is 203 Å². The molecule has 9 nitrogen and oxygen atoms in total. The maximum atomic E-state index is 13.7. The summed E-state index contributed by atoms with van der Waals surface area (Å²) in [6.45, 7) is 5.15. The number of benzene rings is 2. The smallest absolute Gasteiger partial charge is 0.256 e. The van der Waals surface area contributed by atoms with Crippen LogP contribution < -0.4 is 9.64 Å². The Hall–Kier alpha value is -4.01. The number of amides is 1. The Bertz CT molecular complexity index is 1370. The molecule has 1 amide bonds. The van der Waals surface area contributed by atoms with Gasteiger partial charge in [-0.15, -0.1) is 0 Å². The largest absolute Gasteiger partial charge is 0.497 e. The first kappa shape index (κ1) is 21.5. The number of hydrogen-bond donors (Lipinski definition) is 0. The zero-order chi connectivity index (χ0) is 23.9. The second-order valence-electron chi connectivity index (χ2n) is 9.50. The van der Waals surface area contributed by atoms with Crippen LogP contribution >= 0.6 is 0 Å². The molecule has 4 heterocycles. The maximum absolute atomic E-state index is 13.7. The quantitative estimate of drug-likeness (QED) is 0.454. The van der Waals surface area contributed by atoms with Gasteiger partial charge in [-0.1, -0.05) is 11.6 Å². The van der Waals surface area contributed by atoms with E-state index in [1.54, 1.807) is 19.5 Å². The molecule has 2 fully saturated rings. The Morgan fingerprint density at radius 2 is 1.74 bits per heavy atom. The van der Waals surface area contributed by atoms with Crippen molar-refractivity contribution < 1.29 is 9.53 Å². The van der Waals surface area contributed by atoms with Crippen molar-refractivity contribution in [3.05, 3.63) is 66.1 Å². The summed E-state index contributed by atoms with van der Waals surface area (Å²) in [6, 6.07) is 11.6. The minimum Gasteiger partial charge on any atom is -0.497 e. The van der Waals surface area contributed by atoms with Crippen LogP contribution in [0, 0.1) is 18.8 Å². The summed E-state index contributed by atoms with van der Waals surface area (Å²) in [6.07, 6.45) is 6.23. The molecule has 2 unspecified atom stereocenters. The average Bonchev–Trinajstić information content (AvgIpc) is 3.41.